The summed E-state index contributed by atoms with van der Waals surface area (Å²) in [6.45, 7) is -0.120. The largest absolute Gasteiger partial charge is 0.326 e. The van der Waals surface area contributed by atoms with Gasteiger partial charge >= 0.3 is 5.69 Å². The number of hydrogen-bond donors (Lipinski definition) is 3. The Morgan fingerprint density at radius 2 is 2.00 bits per heavy atom. The molecule has 32 heavy (non-hydrogen) atoms. The number of carbonyl (C=O) groups is 2. The van der Waals surface area contributed by atoms with Gasteiger partial charge in [0.25, 0.3) is 0 Å². The predicted molar refractivity (Wildman–Crippen MR) is 117 cm³/mol. The van der Waals surface area contributed by atoms with Crippen LogP contribution >= 0.6 is 0 Å². The lowest BCUT2D eigenvalue weighted by Gasteiger charge is -2.19. The summed E-state index contributed by atoms with van der Waals surface area (Å²) in [7, 11) is 0. The standard InChI is InChI=1S/C23H18N6O3/c30-19(12-29-18-6-2-1-5-16(18)27-22(29)32)26-14-8-13-9-23(10-17(13)25-11-14)15-4-3-7-24-20(15)28-21(23)31/h1-8,11H,9-10,12H2,(H,26,30)(H,27,32)(H,24,28,31). The van der Waals surface area contributed by atoms with Crippen LogP contribution in [-0.2, 0) is 34.4 Å². The van der Waals surface area contributed by atoms with Crippen molar-refractivity contribution in [3.8, 4) is 0 Å². The summed E-state index contributed by atoms with van der Waals surface area (Å²) in [4.78, 5) is 49.2. The van der Waals surface area contributed by atoms with Crippen molar-refractivity contribution in [2.45, 2.75) is 24.8 Å². The number of benzene rings is 1. The summed E-state index contributed by atoms with van der Waals surface area (Å²) in [6, 6.07) is 12.8. The minimum absolute atomic E-state index is 0.0755. The van der Waals surface area contributed by atoms with Gasteiger partial charge in [-0.2, -0.15) is 0 Å². The molecule has 9 nitrogen and oxygen atoms in total. The summed E-state index contributed by atoms with van der Waals surface area (Å²) in [5, 5.41) is 5.70. The van der Waals surface area contributed by atoms with Crippen LogP contribution in [0.5, 0.6) is 0 Å². The quantitative estimate of drug-likeness (QED) is 0.461. The SMILES string of the molecule is O=C(Cn1c(=O)[nH]c2ccccc21)Nc1cnc2c(c1)CC1(C2)C(=O)Nc2ncccc21. The van der Waals surface area contributed by atoms with Gasteiger partial charge in [-0.3, -0.25) is 19.1 Å². The first kappa shape index (κ1) is 18.5. The Balaban J connectivity index is 1.24. The number of anilines is 2. The molecule has 3 N–H and O–H groups in total. The first-order chi connectivity index (χ1) is 15.5. The molecule has 6 rings (SSSR count). The number of imidazole rings is 1. The maximum Gasteiger partial charge on any atom is 0.326 e. The molecule has 4 heterocycles. The molecule has 0 saturated heterocycles. The lowest BCUT2D eigenvalue weighted by molar-refractivity contribution is -0.120. The molecule has 1 unspecified atom stereocenters. The van der Waals surface area contributed by atoms with Crippen molar-refractivity contribution in [1.82, 2.24) is 19.5 Å². The van der Waals surface area contributed by atoms with Crippen molar-refractivity contribution in [3.05, 3.63) is 82.2 Å². The van der Waals surface area contributed by atoms with Crippen LogP contribution in [0.4, 0.5) is 11.5 Å². The number of pyridine rings is 2. The highest BCUT2D eigenvalue weighted by Crippen LogP contribution is 2.46. The number of aromatic amines is 1. The van der Waals surface area contributed by atoms with Crippen LogP contribution in [0.2, 0.25) is 0 Å². The topological polar surface area (TPSA) is 122 Å². The Morgan fingerprint density at radius 3 is 2.91 bits per heavy atom. The molecule has 1 aromatic carbocycles. The zero-order valence-corrected chi connectivity index (χ0v) is 16.9. The van der Waals surface area contributed by atoms with Crippen LogP contribution in [0.1, 0.15) is 16.8 Å². The molecule has 0 fully saturated rings. The van der Waals surface area contributed by atoms with Gasteiger partial charge in [0.1, 0.15) is 12.4 Å². The lowest BCUT2D eigenvalue weighted by Crippen LogP contribution is -2.35. The fourth-order valence-electron chi connectivity index (χ4n) is 4.79. The monoisotopic (exact) mass is 426 g/mol. The van der Waals surface area contributed by atoms with Gasteiger partial charge in [-0.1, -0.05) is 18.2 Å². The molecule has 2 aliphatic rings. The molecule has 0 bridgehead atoms. The van der Waals surface area contributed by atoms with Gasteiger partial charge in [0.15, 0.2) is 0 Å². The summed E-state index contributed by atoms with van der Waals surface area (Å²) < 4.78 is 1.40. The number of amides is 2. The third-order valence-corrected chi connectivity index (χ3v) is 6.28. The fourth-order valence-corrected chi connectivity index (χ4v) is 4.79. The maximum absolute atomic E-state index is 12.8. The fraction of sp³-hybridized carbons (Fsp3) is 0.174. The Kier molecular flexibility index (Phi) is 3.82. The Hall–Kier alpha value is -4.27. The number of hydrogen-bond acceptors (Lipinski definition) is 5. The second-order valence-electron chi connectivity index (χ2n) is 8.20. The summed E-state index contributed by atoms with van der Waals surface area (Å²) >= 11 is 0. The number of H-pyrrole nitrogens is 1. The molecule has 4 aromatic rings. The molecule has 1 spiro atoms. The van der Waals surface area contributed by atoms with E-state index in [0.717, 1.165) is 16.8 Å². The zero-order valence-electron chi connectivity index (χ0n) is 16.9. The van der Waals surface area contributed by atoms with E-state index in [1.165, 1.54) is 4.57 Å². The van der Waals surface area contributed by atoms with Crippen LogP contribution in [0.25, 0.3) is 11.0 Å². The zero-order chi connectivity index (χ0) is 21.9. The normalized spacial score (nSPS) is 18.6. The summed E-state index contributed by atoms with van der Waals surface area (Å²) in [5.74, 6) is 0.191. The molecule has 1 atom stereocenters. The van der Waals surface area contributed by atoms with Gasteiger partial charge in [-0.15, -0.1) is 0 Å². The molecule has 0 saturated carbocycles. The average molecular weight is 426 g/mol. The predicted octanol–water partition coefficient (Wildman–Crippen LogP) is 1.75. The van der Waals surface area contributed by atoms with Crippen molar-refractivity contribution in [2.75, 3.05) is 10.6 Å². The number of rotatable bonds is 3. The van der Waals surface area contributed by atoms with Gasteiger partial charge in [0.2, 0.25) is 11.8 Å². The van der Waals surface area contributed by atoms with Crippen LogP contribution in [-0.4, -0.2) is 31.3 Å². The summed E-state index contributed by atoms with van der Waals surface area (Å²) in [6.07, 6.45) is 4.23. The number of carbonyl (C=O) groups excluding carboxylic acids is 2. The smallest absolute Gasteiger partial charge is 0.323 e. The lowest BCUT2D eigenvalue weighted by atomic mass is 9.80. The number of nitrogens with zero attached hydrogens (tertiary/aromatic N) is 3. The highest BCUT2D eigenvalue weighted by Gasteiger charge is 2.51. The molecule has 2 amide bonds. The van der Waals surface area contributed by atoms with Crippen LogP contribution in [0.3, 0.4) is 0 Å². The van der Waals surface area contributed by atoms with Crippen LogP contribution in [0, 0.1) is 0 Å². The Bertz CT molecular complexity index is 1490. The van der Waals surface area contributed by atoms with E-state index in [1.54, 1.807) is 24.5 Å². The van der Waals surface area contributed by atoms with E-state index in [2.05, 4.69) is 25.6 Å². The number of nitrogens with one attached hydrogen (secondary N) is 3. The molecular formula is C23H18N6O3. The van der Waals surface area contributed by atoms with E-state index in [-0.39, 0.29) is 24.0 Å². The van der Waals surface area contributed by atoms with Crippen molar-refractivity contribution in [3.63, 3.8) is 0 Å². The number of para-hydroxylation sites is 2. The third-order valence-electron chi connectivity index (χ3n) is 6.28. The number of aromatic nitrogens is 4. The minimum Gasteiger partial charge on any atom is -0.323 e. The molecule has 1 aliphatic heterocycles. The molecule has 158 valence electrons. The van der Waals surface area contributed by atoms with Gasteiger partial charge < -0.3 is 15.6 Å². The molecule has 3 aromatic heterocycles. The highest BCUT2D eigenvalue weighted by molar-refractivity contribution is 6.06. The van der Waals surface area contributed by atoms with Crippen LogP contribution in [0.15, 0.2) is 59.7 Å². The van der Waals surface area contributed by atoms with Gasteiger partial charge in [0.05, 0.1) is 28.3 Å². The van der Waals surface area contributed by atoms with E-state index < -0.39 is 5.41 Å². The van der Waals surface area contributed by atoms with Gasteiger partial charge in [-0.25, -0.2) is 9.78 Å². The highest BCUT2D eigenvalue weighted by atomic mass is 16.2. The third kappa shape index (κ3) is 2.67. The van der Waals surface area contributed by atoms with E-state index in [0.29, 0.717) is 35.4 Å². The maximum atomic E-state index is 12.8. The molecule has 0 radical (unpaired) electrons. The first-order valence-electron chi connectivity index (χ1n) is 10.3. The van der Waals surface area contributed by atoms with E-state index >= 15 is 0 Å². The first-order valence-corrected chi connectivity index (χ1v) is 10.3. The second-order valence-corrected chi connectivity index (χ2v) is 8.20. The minimum atomic E-state index is -0.709. The van der Waals surface area contributed by atoms with E-state index in [4.69, 9.17) is 0 Å². The van der Waals surface area contributed by atoms with Crippen LogP contribution < -0.4 is 16.3 Å². The van der Waals surface area contributed by atoms with Gasteiger partial charge in [-0.05, 0) is 36.2 Å². The van der Waals surface area contributed by atoms with Crippen molar-refractivity contribution in [1.29, 1.82) is 0 Å². The van der Waals surface area contributed by atoms with E-state index in [9.17, 15) is 14.4 Å². The number of fused-ring (bicyclic) bond motifs is 4. The Labute approximate surface area is 181 Å². The molecular weight excluding hydrogens is 408 g/mol. The van der Waals surface area contributed by atoms with Gasteiger partial charge in [0, 0.05) is 23.9 Å². The average Bonchev–Trinajstić information content (AvgIpc) is 3.40. The molecule has 1 aliphatic carbocycles. The van der Waals surface area contributed by atoms with Crippen molar-refractivity contribution >= 4 is 34.4 Å². The van der Waals surface area contributed by atoms with Crippen molar-refractivity contribution < 1.29 is 9.59 Å². The second kappa shape index (κ2) is 6.61. The van der Waals surface area contributed by atoms with Crippen molar-refractivity contribution in [2.24, 2.45) is 0 Å². The molecule has 9 heteroatoms. The Morgan fingerprint density at radius 1 is 1.12 bits per heavy atom. The van der Waals surface area contributed by atoms with E-state index in [1.807, 2.05) is 30.3 Å². The summed E-state index contributed by atoms with van der Waals surface area (Å²) in [5.41, 5.74) is 3.46.